The Morgan fingerprint density at radius 3 is 2.62 bits per heavy atom. The molecule has 2 saturated heterocycles. The van der Waals surface area contributed by atoms with Crippen molar-refractivity contribution >= 4 is 15.9 Å². The standard InChI is InChI=1S/C22H30N2O4S/c25-21-9-11-23(15-22(10-12-28-16-22)24(21)14-17-5-6-17)29(26,27)20-8-7-18-3-1-2-4-19(18)13-20/h7-8,13,17H,1-6,9-12,14-16H2. The van der Waals surface area contributed by atoms with Crippen LogP contribution in [0.4, 0.5) is 0 Å². The highest BCUT2D eigenvalue weighted by atomic mass is 32.2. The van der Waals surface area contributed by atoms with Crippen molar-refractivity contribution in [1.29, 1.82) is 0 Å². The first kappa shape index (κ1) is 19.5. The van der Waals surface area contributed by atoms with E-state index in [4.69, 9.17) is 4.74 Å². The Labute approximate surface area is 173 Å². The summed E-state index contributed by atoms with van der Waals surface area (Å²) in [5, 5.41) is 0. The van der Waals surface area contributed by atoms with E-state index in [-0.39, 0.29) is 18.9 Å². The monoisotopic (exact) mass is 418 g/mol. The molecular formula is C22H30N2O4S. The van der Waals surface area contributed by atoms with Gasteiger partial charge in [-0.15, -0.1) is 0 Å². The third-order valence-electron chi connectivity index (χ3n) is 7.10. The first-order chi connectivity index (χ1) is 14.0. The Hall–Kier alpha value is -1.44. The lowest BCUT2D eigenvalue weighted by Crippen LogP contribution is -2.57. The van der Waals surface area contributed by atoms with E-state index in [0.29, 0.717) is 37.0 Å². The second kappa shape index (κ2) is 7.36. The lowest BCUT2D eigenvalue weighted by molar-refractivity contribution is -0.136. The molecule has 2 aliphatic carbocycles. The van der Waals surface area contributed by atoms with Gasteiger partial charge in [0.1, 0.15) is 0 Å². The number of amides is 1. The van der Waals surface area contributed by atoms with Crippen molar-refractivity contribution in [1.82, 2.24) is 9.21 Å². The van der Waals surface area contributed by atoms with Gasteiger partial charge in [-0.25, -0.2) is 8.42 Å². The minimum absolute atomic E-state index is 0.0746. The summed E-state index contributed by atoms with van der Waals surface area (Å²) in [7, 11) is -3.64. The zero-order valence-electron chi connectivity index (χ0n) is 16.9. The van der Waals surface area contributed by atoms with Crippen LogP contribution < -0.4 is 0 Å². The van der Waals surface area contributed by atoms with Gasteiger partial charge in [0.2, 0.25) is 15.9 Å². The van der Waals surface area contributed by atoms with Gasteiger partial charge in [0.25, 0.3) is 0 Å². The fourth-order valence-electron chi connectivity index (χ4n) is 5.13. The maximum Gasteiger partial charge on any atom is 0.243 e. The molecule has 1 amide bonds. The van der Waals surface area contributed by atoms with Crippen molar-refractivity contribution in [3.8, 4) is 0 Å². The number of ether oxygens (including phenoxy) is 1. The molecule has 6 nitrogen and oxygen atoms in total. The summed E-state index contributed by atoms with van der Waals surface area (Å²) in [5.74, 6) is 0.644. The van der Waals surface area contributed by atoms with Crippen molar-refractivity contribution in [2.24, 2.45) is 5.92 Å². The van der Waals surface area contributed by atoms with Gasteiger partial charge >= 0.3 is 0 Å². The largest absolute Gasteiger partial charge is 0.379 e. The number of carbonyl (C=O) groups is 1. The van der Waals surface area contributed by atoms with Gasteiger partial charge in [-0.05, 0) is 74.1 Å². The lowest BCUT2D eigenvalue weighted by atomic mass is 9.92. The third kappa shape index (κ3) is 3.62. The van der Waals surface area contributed by atoms with Gasteiger partial charge < -0.3 is 9.64 Å². The Morgan fingerprint density at radius 1 is 1.10 bits per heavy atom. The normalized spacial score (nSPS) is 28.6. The molecule has 5 rings (SSSR count). The second-order valence-electron chi connectivity index (χ2n) is 9.20. The highest BCUT2D eigenvalue weighted by molar-refractivity contribution is 7.89. The fourth-order valence-corrected chi connectivity index (χ4v) is 6.70. The summed E-state index contributed by atoms with van der Waals surface area (Å²) in [6, 6.07) is 5.61. The number of nitrogens with zero attached hydrogens (tertiary/aromatic N) is 2. The average molecular weight is 419 g/mol. The number of aryl methyl sites for hydroxylation is 2. The lowest BCUT2D eigenvalue weighted by Gasteiger charge is -2.40. The second-order valence-corrected chi connectivity index (χ2v) is 11.1. The molecule has 1 saturated carbocycles. The fraction of sp³-hybridized carbons (Fsp3) is 0.682. The number of hydrogen-bond acceptors (Lipinski definition) is 4. The van der Waals surface area contributed by atoms with Crippen LogP contribution in [0, 0.1) is 5.92 Å². The minimum atomic E-state index is -3.64. The molecule has 0 radical (unpaired) electrons. The molecule has 4 aliphatic rings. The topological polar surface area (TPSA) is 66.9 Å². The Bertz CT molecular complexity index is 903. The van der Waals surface area contributed by atoms with Crippen LogP contribution in [-0.2, 0) is 32.4 Å². The van der Waals surface area contributed by atoms with Crippen molar-refractivity contribution in [2.75, 3.05) is 32.8 Å². The van der Waals surface area contributed by atoms with Gasteiger partial charge in [0.05, 0.1) is 17.0 Å². The van der Waals surface area contributed by atoms with Gasteiger partial charge in [-0.1, -0.05) is 6.07 Å². The zero-order chi connectivity index (χ0) is 20.1. The first-order valence-electron chi connectivity index (χ1n) is 11.0. The highest BCUT2D eigenvalue weighted by Crippen LogP contribution is 2.38. The van der Waals surface area contributed by atoms with Crippen molar-refractivity contribution < 1.29 is 17.9 Å². The summed E-state index contributed by atoms with van der Waals surface area (Å²) in [4.78, 5) is 15.3. The van der Waals surface area contributed by atoms with Crippen LogP contribution in [0.5, 0.6) is 0 Å². The summed E-state index contributed by atoms with van der Waals surface area (Å²) in [5.41, 5.74) is 1.92. The number of hydrogen-bond donors (Lipinski definition) is 0. The van der Waals surface area contributed by atoms with E-state index in [0.717, 1.165) is 44.2 Å². The summed E-state index contributed by atoms with van der Waals surface area (Å²) in [6.45, 7) is 2.35. The summed E-state index contributed by atoms with van der Waals surface area (Å²) >= 11 is 0. The quantitative estimate of drug-likeness (QED) is 0.753. The molecule has 1 atom stereocenters. The van der Waals surface area contributed by atoms with Crippen LogP contribution in [-0.4, -0.2) is 61.9 Å². The van der Waals surface area contributed by atoms with E-state index in [9.17, 15) is 13.2 Å². The predicted octanol–water partition coefficient (Wildman–Crippen LogP) is 2.36. The number of fused-ring (bicyclic) bond motifs is 1. The molecule has 2 heterocycles. The average Bonchev–Trinajstić information content (AvgIpc) is 3.46. The third-order valence-corrected chi connectivity index (χ3v) is 8.94. The van der Waals surface area contributed by atoms with Crippen molar-refractivity contribution in [3.63, 3.8) is 0 Å². The molecule has 2 aliphatic heterocycles. The number of sulfonamides is 1. The van der Waals surface area contributed by atoms with E-state index < -0.39 is 15.6 Å². The number of benzene rings is 1. The Balaban J connectivity index is 1.46. The first-order valence-corrected chi connectivity index (χ1v) is 12.4. The van der Waals surface area contributed by atoms with Crippen molar-refractivity contribution in [3.05, 3.63) is 29.3 Å². The van der Waals surface area contributed by atoms with Crippen LogP contribution in [0.3, 0.4) is 0 Å². The SMILES string of the molecule is O=C1CCN(S(=O)(=O)c2ccc3c(c2)CCCC3)CC2(CCOC2)N1CC1CC1. The van der Waals surface area contributed by atoms with Crippen LogP contribution >= 0.6 is 0 Å². The Kier molecular flexibility index (Phi) is 4.95. The highest BCUT2D eigenvalue weighted by Gasteiger charge is 2.49. The smallest absolute Gasteiger partial charge is 0.243 e. The molecule has 0 bridgehead atoms. The Morgan fingerprint density at radius 2 is 1.90 bits per heavy atom. The zero-order valence-corrected chi connectivity index (χ0v) is 17.8. The molecule has 0 N–H and O–H groups in total. The molecule has 1 spiro atoms. The van der Waals surface area contributed by atoms with Crippen LogP contribution in [0.2, 0.25) is 0 Å². The molecule has 1 aromatic carbocycles. The van der Waals surface area contributed by atoms with Crippen LogP contribution in [0.15, 0.2) is 23.1 Å². The van der Waals surface area contributed by atoms with Crippen molar-refractivity contribution in [2.45, 2.75) is 61.8 Å². The van der Waals surface area contributed by atoms with Gasteiger partial charge in [-0.2, -0.15) is 4.31 Å². The van der Waals surface area contributed by atoms with E-state index in [1.54, 1.807) is 10.4 Å². The predicted molar refractivity (Wildman–Crippen MR) is 109 cm³/mol. The molecule has 1 unspecified atom stereocenters. The molecule has 29 heavy (non-hydrogen) atoms. The maximum absolute atomic E-state index is 13.6. The molecule has 0 aromatic heterocycles. The molecule has 158 valence electrons. The molecule has 7 heteroatoms. The molecular weight excluding hydrogens is 388 g/mol. The maximum atomic E-state index is 13.6. The van der Waals surface area contributed by atoms with E-state index in [1.165, 1.54) is 12.0 Å². The van der Waals surface area contributed by atoms with Gasteiger partial charge in [0, 0.05) is 32.7 Å². The summed E-state index contributed by atoms with van der Waals surface area (Å²) in [6.07, 6.45) is 7.56. The van der Waals surface area contributed by atoms with Crippen LogP contribution in [0.1, 0.15) is 49.7 Å². The van der Waals surface area contributed by atoms with E-state index in [2.05, 4.69) is 0 Å². The minimum Gasteiger partial charge on any atom is -0.379 e. The van der Waals surface area contributed by atoms with E-state index >= 15 is 0 Å². The van der Waals surface area contributed by atoms with Gasteiger partial charge in [0.15, 0.2) is 0 Å². The van der Waals surface area contributed by atoms with Gasteiger partial charge in [-0.3, -0.25) is 4.79 Å². The van der Waals surface area contributed by atoms with E-state index in [1.807, 2.05) is 17.0 Å². The molecule has 1 aromatic rings. The van der Waals surface area contributed by atoms with Crippen LogP contribution in [0.25, 0.3) is 0 Å². The summed E-state index contributed by atoms with van der Waals surface area (Å²) < 4.78 is 34.4. The molecule has 3 fully saturated rings. The number of rotatable bonds is 4. The number of carbonyl (C=O) groups excluding carboxylic acids is 1.